The highest BCUT2D eigenvalue weighted by molar-refractivity contribution is 5.24. The molecule has 0 bridgehead atoms. The Morgan fingerprint density at radius 3 is 2.57 bits per heavy atom. The van der Waals surface area contributed by atoms with Crippen molar-refractivity contribution in [2.75, 3.05) is 0 Å². The van der Waals surface area contributed by atoms with E-state index < -0.39 is 6.10 Å². The van der Waals surface area contributed by atoms with Crippen LogP contribution in [0.2, 0.25) is 0 Å². The lowest BCUT2D eigenvalue weighted by atomic mass is 9.46. The van der Waals surface area contributed by atoms with Crippen molar-refractivity contribution >= 4 is 0 Å². The second-order valence-corrected chi connectivity index (χ2v) is 9.56. The summed E-state index contributed by atoms with van der Waals surface area (Å²) in [7, 11) is 0. The predicted octanol–water partition coefficient (Wildman–Crippen LogP) is 3.15. The summed E-state index contributed by atoms with van der Waals surface area (Å²) in [6.45, 7) is 13.1. The van der Waals surface area contributed by atoms with Gasteiger partial charge >= 0.3 is 0 Å². The van der Waals surface area contributed by atoms with Crippen LogP contribution in [0.4, 0.5) is 0 Å². The van der Waals surface area contributed by atoms with Gasteiger partial charge in [0.15, 0.2) is 0 Å². The van der Waals surface area contributed by atoms with Crippen LogP contribution in [0.1, 0.15) is 53.4 Å². The van der Waals surface area contributed by atoms with Crippen LogP contribution in [0.15, 0.2) is 12.2 Å². The van der Waals surface area contributed by atoms with Crippen molar-refractivity contribution in [1.82, 2.24) is 0 Å². The minimum atomic E-state index is -0.460. The molecule has 23 heavy (non-hydrogen) atoms. The summed E-state index contributed by atoms with van der Waals surface area (Å²) in [4.78, 5) is 0. The zero-order valence-electron chi connectivity index (χ0n) is 15.0. The van der Waals surface area contributed by atoms with Gasteiger partial charge in [-0.3, -0.25) is 0 Å². The first-order valence-corrected chi connectivity index (χ1v) is 9.39. The number of rotatable bonds is 4. The fourth-order valence-electron chi connectivity index (χ4n) is 6.69. The zero-order valence-corrected chi connectivity index (χ0v) is 15.0. The van der Waals surface area contributed by atoms with Crippen LogP contribution in [0.5, 0.6) is 0 Å². The third-order valence-electron chi connectivity index (χ3n) is 8.02. The molecule has 0 aromatic carbocycles. The topological polar surface area (TPSA) is 53.0 Å². The van der Waals surface area contributed by atoms with Crippen LogP contribution in [-0.2, 0) is 4.74 Å². The number of hydrogen-bond donors (Lipinski definition) is 2. The largest absolute Gasteiger partial charge is 0.393 e. The van der Waals surface area contributed by atoms with Crippen molar-refractivity contribution in [3.8, 4) is 0 Å². The van der Waals surface area contributed by atoms with Gasteiger partial charge < -0.3 is 14.9 Å². The fourth-order valence-corrected chi connectivity index (χ4v) is 6.69. The molecule has 0 amide bonds. The van der Waals surface area contributed by atoms with Gasteiger partial charge in [-0.1, -0.05) is 32.4 Å². The molecule has 9 atom stereocenters. The highest BCUT2D eigenvalue weighted by atomic mass is 16.6. The van der Waals surface area contributed by atoms with Crippen LogP contribution in [0.25, 0.3) is 0 Å². The maximum Gasteiger partial charge on any atom is 0.113 e. The first-order chi connectivity index (χ1) is 10.7. The molecule has 3 aliphatic carbocycles. The Labute approximate surface area is 140 Å². The smallest absolute Gasteiger partial charge is 0.113 e. The van der Waals surface area contributed by atoms with Gasteiger partial charge in [-0.15, -0.1) is 0 Å². The van der Waals surface area contributed by atoms with E-state index in [1.807, 2.05) is 13.8 Å². The van der Waals surface area contributed by atoms with Crippen molar-refractivity contribution < 1.29 is 14.9 Å². The second-order valence-electron chi connectivity index (χ2n) is 9.56. The molecule has 130 valence electrons. The quantitative estimate of drug-likeness (QED) is 0.618. The monoisotopic (exact) mass is 320 g/mol. The molecular formula is C20H32O3. The minimum absolute atomic E-state index is 0.0588. The summed E-state index contributed by atoms with van der Waals surface area (Å²) in [5.41, 5.74) is 1.03. The van der Waals surface area contributed by atoms with Gasteiger partial charge in [-0.25, -0.2) is 0 Å². The molecule has 2 N–H and O–H groups in total. The van der Waals surface area contributed by atoms with Gasteiger partial charge in [0.2, 0.25) is 0 Å². The molecule has 3 nitrogen and oxygen atoms in total. The van der Waals surface area contributed by atoms with Crippen molar-refractivity contribution in [2.45, 2.75) is 77.3 Å². The lowest BCUT2D eigenvalue weighted by Crippen LogP contribution is -2.57. The molecule has 4 aliphatic rings. The van der Waals surface area contributed by atoms with Gasteiger partial charge in [0.25, 0.3) is 0 Å². The summed E-state index contributed by atoms with van der Waals surface area (Å²) in [6.07, 6.45) is 3.31. The number of ether oxygens (including phenoxy) is 1. The summed E-state index contributed by atoms with van der Waals surface area (Å²) in [6, 6.07) is 0. The maximum atomic E-state index is 10.7. The normalized spacial score (nSPS) is 54.1. The lowest BCUT2D eigenvalue weighted by molar-refractivity contribution is -0.143. The van der Waals surface area contributed by atoms with E-state index in [1.165, 1.54) is 12.8 Å². The molecule has 3 heteroatoms. The van der Waals surface area contributed by atoms with Crippen molar-refractivity contribution in [1.29, 1.82) is 0 Å². The highest BCUT2D eigenvalue weighted by Crippen LogP contribution is 2.73. The SMILES string of the molecule is C=C(CC(O)C1OC1(C)C)C1CC(O)C2(C)C3CCC(C)C3C12. The van der Waals surface area contributed by atoms with Gasteiger partial charge in [-0.05, 0) is 62.7 Å². The van der Waals surface area contributed by atoms with E-state index in [0.29, 0.717) is 24.2 Å². The number of fused-ring (bicyclic) bond motifs is 4. The average Bonchev–Trinajstić information content (AvgIpc) is 2.87. The lowest BCUT2D eigenvalue weighted by Gasteiger charge is -2.58. The van der Waals surface area contributed by atoms with Crippen molar-refractivity contribution in [3.63, 3.8) is 0 Å². The summed E-state index contributed by atoms with van der Waals surface area (Å²) < 4.78 is 5.58. The summed E-state index contributed by atoms with van der Waals surface area (Å²) in [5.74, 6) is 3.16. The molecule has 0 aromatic rings. The van der Waals surface area contributed by atoms with E-state index >= 15 is 0 Å². The third kappa shape index (κ3) is 2.06. The molecule has 1 saturated heterocycles. The molecule has 4 rings (SSSR count). The maximum absolute atomic E-state index is 10.7. The Bertz CT molecular complexity index is 527. The van der Waals surface area contributed by atoms with Crippen LogP contribution in [0.3, 0.4) is 0 Å². The van der Waals surface area contributed by atoms with E-state index in [-0.39, 0.29) is 23.2 Å². The molecular weight excluding hydrogens is 288 g/mol. The first kappa shape index (κ1) is 16.1. The second kappa shape index (κ2) is 4.83. The Morgan fingerprint density at radius 1 is 1.30 bits per heavy atom. The summed E-state index contributed by atoms with van der Waals surface area (Å²) in [5, 5.41) is 21.2. The fraction of sp³-hybridized carbons (Fsp3) is 0.900. The Kier molecular flexibility index (Phi) is 3.38. The van der Waals surface area contributed by atoms with E-state index in [2.05, 4.69) is 20.4 Å². The van der Waals surface area contributed by atoms with Crippen molar-refractivity contribution in [3.05, 3.63) is 12.2 Å². The first-order valence-electron chi connectivity index (χ1n) is 9.39. The predicted molar refractivity (Wildman–Crippen MR) is 89.8 cm³/mol. The number of aliphatic hydroxyl groups excluding tert-OH is 2. The Morgan fingerprint density at radius 2 is 1.96 bits per heavy atom. The third-order valence-corrected chi connectivity index (χ3v) is 8.02. The molecule has 0 spiro atoms. The molecule has 0 radical (unpaired) electrons. The van der Waals surface area contributed by atoms with Gasteiger partial charge in [0.05, 0.1) is 17.8 Å². The average molecular weight is 320 g/mol. The molecule has 1 heterocycles. The van der Waals surface area contributed by atoms with Crippen LogP contribution in [0, 0.1) is 35.0 Å². The molecule has 9 unspecified atom stereocenters. The van der Waals surface area contributed by atoms with Gasteiger partial charge in [0.1, 0.15) is 6.10 Å². The number of aliphatic hydroxyl groups is 2. The van der Waals surface area contributed by atoms with Crippen molar-refractivity contribution in [2.24, 2.45) is 35.0 Å². The minimum Gasteiger partial charge on any atom is -0.393 e. The molecule has 3 saturated carbocycles. The zero-order chi connectivity index (χ0) is 16.7. The van der Waals surface area contributed by atoms with Crippen LogP contribution in [-0.4, -0.2) is 34.1 Å². The molecule has 1 aliphatic heterocycles. The summed E-state index contributed by atoms with van der Waals surface area (Å²) >= 11 is 0. The molecule has 0 aromatic heterocycles. The van der Waals surface area contributed by atoms with E-state index in [9.17, 15) is 10.2 Å². The standard InChI is InChI=1S/C20H32O3/c1-10-6-7-13-16(10)17-12(9-15(22)20(13,17)5)11(2)8-14(21)18-19(3,4)23-18/h10,12-18,21-22H,2,6-9H2,1,3-5H3. The highest BCUT2D eigenvalue weighted by Gasteiger charge is 2.70. The molecule has 4 fully saturated rings. The number of hydrogen-bond acceptors (Lipinski definition) is 3. The number of epoxide rings is 1. The Hall–Kier alpha value is -0.380. The van der Waals surface area contributed by atoms with E-state index in [4.69, 9.17) is 4.74 Å². The van der Waals surface area contributed by atoms with Gasteiger partial charge in [0, 0.05) is 5.41 Å². The van der Waals surface area contributed by atoms with E-state index in [0.717, 1.165) is 23.8 Å². The van der Waals surface area contributed by atoms with Crippen LogP contribution < -0.4 is 0 Å². The van der Waals surface area contributed by atoms with E-state index in [1.54, 1.807) is 0 Å². The van der Waals surface area contributed by atoms with Crippen LogP contribution >= 0.6 is 0 Å². The van der Waals surface area contributed by atoms with Gasteiger partial charge in [-0.2, -0.15) is 0 Å². The Balaban J connectivity index is 1.48.